The molecule has 4 heteroatoms. The van der Waals surface area contributed by atoms with Gasteiger partial charge in [-0.3, -0.25) is 0 Å². The van der Waals surface area contributed by atoms with Crippen molar-refractivity contribution >= 4 is 0 Å². The third kappa shape index (κ3) is 4.37. The highest BCUT2D eigenvalue weighted by molar-refractivity contribution is 4.74. The molecular formula is C10H23N3O. The zero-order chi connectivity index (χ0) is 10.4. The van der Waals surface area contributed by atoms with E-state index in [0.29, 0.717) is 0 Å². The molecule has 0 saturated carbocycles. The highest BCUT2D eigenvalue weighted by Crippen LogP contribution is 2.16. The monoisotopic (exact) mass is 201 g/mol. The number of nitrogens with one attached hydrogen (secondary N) is 1. The Morgan fingerprint density at radius 1 is 1.64 bits per heavy atom. The second kappa shape index (κ2) is 6.35. The summed E-state index contributed by atoms with van der Waals surface area (Å²) in [5.41, 5.74) is 5.57. The third-order valence-electron chi connectivity index (χ3n) is 2.86. The van der Waals surface area contributed by atoms with Gasteiger partial charge in [0.1, 0.15) is 0 Å². The van der Waals surface area contributed by atoms with Crippen molar-refractivity contribution in [2.45, 2.75) is 18.9 Å². The van der Waals surface area contributed by atoms with Crippen LogP contribution < -0.4 is 11.1 Å². The minimum atomic E-state index is -0.110. The first-order valence-corrected chi connectivity index (χ1v) is 5.48. The van der Waals surface area contributed by atoms with Crippen molar-refractivity contribution in [2.24, 2.45) is 11.7 Å². The van der Waals surface area contributed by atoms with E-state index in [2.05, 4.69) is 17.3 Å². The van der Waals surface area contributed by atoms with Gasteiger partial charge in [-0.2, -0.15) is 0 Å². The van der Waals surface area contributed by atoms with Crippen molar-refractivity contribution in [3.63, 3.8) is 0 Å². The van der Waals surface area contributed by atoms with E-state index in [-0.39, 0.29) is 12.6 Å². The number of nitrogens with two attached hydrogens (primary N) is 1. The van der Waals surface area contributed by atoms with E-state index in [1.807, 2.05) is 0 Å². The third-order valence-corrected chi connectivity index (χ3v) is 2.86. The zero-order valence-corrected chi connectivity index (χ0v) is 9.08. The van der Waals surface area contributed by atoms with Crippen LogP contribution in [0.4, 0.5) is 0 Å². The summed E-state index contributed by atoms with van der Waals surface area (Å²) in [6.45, 7) is 4.28. The van der Waals surface area contributed by atoms with Gasteiger partial charge in [0.05, 0.1) is 6.61 Å². The van der Waals surface area contributed by atoms with Gasteiger partial charge in [-0.25, -0.2) is 0 Å². The molecular weight excluding hydrogens is 178 g/mol. The molecule has 0 aromatic carbocycles. The van der Waals surface area contributed by atoms with Crippen LogP contribution in [0.2, 0.25) is 0 Å². The summed E-state index contributed by atoms with van der Waals surface area (Å²) in [4.78, 5) is 2.38. The predicted octanol–water partition coefficient (Wildman–Crippen LogP) is -0.763. The number of rotatable bonds is 6. The first-order valence-electron chi connectivity index (χ1n) is 5.48. The Labute approximate surface area is 86.5 Å². The Morgan fingerprint density at radius 3 is 3.00 bits per heavy atom. The molecule has 14 heavy (non-hydrogen) atoms. The van der Waals surface area contributed by atoms with E-state index >= 15 is 0 Å². The lowest BCUT2D eigenvalue weighted by Gasteiger charge is -2.12. The lowest BCUT2D eigenvalue weighted by Crippen LogP contribution is -2.37. The molecule has 84 valence electrons. The van der Waals surface area contributed by atoms with Crippen LogP contribution in [0, 0.1) is 5.92 Å². The molecule has 0 aromatic heterocycles. The largest absolute Gasteiger partial charge is 0.395 e. The second-order valence-electron chi connectivity index (χ2n) is 4.35. The lowest BCUT2D eigenvalue weighted by atomic mass is 10.1. The number of aliphatic hydroxyl groups is 1. The summed E-state index contributed by atoms with van der Waals surface area (Å²) in [5, 5.41) is 12.0. The maximum absolute atomic E-state index is 8.71. The SMILES string of the molecule is CN1CCC(CCNCC(N)CO)C1. The number of likely N-dealkylation sites (tertiary alicyclic amines) is 1. The molecule has 1 rings (SSSR count). The topological polar surface area (TPSA) is 61.5 Å². The molecule has 1 saturated heterocycles. The van der Waals surface area contributed by atoms with Gasteiger partial charge in [-0.1, -0.05) is 0 Å². The van der Waals surface area contributed by atoms with Gasteiger partial charge in [-0.15, -0.1) is 0 Å². The van der Waals surface area contributed by atoms with Crippen molar-refractivity contribution in [3.05, 3.63) is 0 Å². The molecule has 0 bridgehead atoms. The van der Waals surface area contributed by atoms with Crippen LogP contribution in [0.1, 0.15) is 12.8 Å². The van der Waals surface area contributed by atoms with Gasteiger partial charge in [0.15, 0.2) is 0 Å². The summed E-state index contributed by atoms with van der Waals surface area (Å²) in [5.74, 6) is 0.845. The van der Waals surface area contributed by atoms with Gasteiger partial charge in [0.25, 0.3) is 0 Å². The minimum Gasteiger partial charge on any atom is -0.395 e. The van der Waals surface area contributed by atoms with E-state index in [1.165, 1.54) is 25.9 Å². The molecule has 1 aliphatic rings. The Balaban J connectivity index is 1.94. The Bertz CT molecular complexity index is 154. The standard InChI is InChI=1S/C10H23N3O/c1-13-5-3-9(7-13)2-4-12-6-10(11)8-14/h9-10,12,14H,2-8,11H2,1H3. The maximum Gasteiger partial charge on any atom is 0.0594 e. The molecule has 1 fully saturated rings. The van der Waals surface area contributed by atoms with E-state index in [4.69, 9.17) is 10.8 Å². The van der Waals surface area contributed by atoms with Crippen molar-refractivity contribution in [1.29, 1.82) is 0 Å². The van der Waals surface area contributed by atoms with Gasteiger partial charge < -0.3 is 21.1 Å². The average molecular weight is 201 g/mol. The molecule has 0 aromatic rings. The molecule has 0 amide bonds. The number of aliphatic hydroxyl groups excluding tert-OH is 1. The molecule has 0 spiro atoms. The number of nitrogens with zero attached hydrogens (tertiary/aromatic N) is 1. The molecule has 1 aliphatic heterocycles. The van der Waals surface area contributed by atoms with E-state index in [1.54, 1.807) is 0 Å². The van der Waals surface area contributed by atoms with Crippen LogP contribution in [-0.2, 0) is 0 Å². The fraction of sp³-hybridized carbons (Fsp3) is 1.00. The quantitative estimate of drug-likeness (QED) is 0.494. The molecule has 4 nitrogen and oxygen atoms in total. The summed E-state index contributed by atoms with van der Waals surface area (Å²) < 4.78 is 0. The van der Waals surface area contributed by atoms with E-state index < -0.39 is 0 Å². The maximum atomic E-state index is 8.71. The molecule has 1 heterocycles. The summed E-state index contributed by atoms with van der Waals surface area (Å²) in [7, 11) is 2.18. The van der Waals surface area contributed by atoms with Crippen molar-refractivity contribution in [2.75, 3.05) is 39.8 Å². The average Bonchev–Trinajstić information content (AvgIpc) is 2.58. The zero-order valence-electron chi connectivity index (χ0n) is 9.08. The normalized spacial score (nSPS) is 25.5. The van der Waals surface area contributed by atoms with Gasteiger partial charge in [0, 0.05) is 19.1 Å². The first-order chi connectivity index (χ1) is 6.72. The van der Waals surface area contributed by atoms with Crippen LogP contribution in [0.3, 0.4) is 0 Å². The smallest absolute Gasteiger partial charge is 0.0594 e. The van der Waals surface area contributed by atoms with Crippen LogP contribution in [0.5, 0.6) is 0 Å². The summed E-state index contributed by atoms with van der Waals surface area (Å²) >= 11 is 0. The van der Waals surface area contributed by atoms with Gasteiger partial charge >= 0.3 is 0 Å². The Hall–Kier alpha value is -0.160. The first kappa shape index (κ1) is 11.9. The second-order valence-corrected chi connectivity index (χ2v) is 4.35. The Morgan fingerprint density at radius 2 is 2.43 bits per heavy atom. The van der Waals surface area contributed by atoms with Crippen LogP contribution in [0.25, 0.3) is 0 Å². The van der Waals surface area contributed by atoms with E-state index in [9.17, 15) is 0 Å². The van der Waals surface area contributed by atoms with Gasteiger partial charge in [0.2, 0.25) is 0 Å². The molecule has 0 aliphatic carbocycles. The highest BCUT2D eigenvalue weighted by atomic mass is 16.3. The predicted molar refractivity (Wildman–Crippen MR) is 58.2 cm³/mol. The van der Waals surface area contributed by atoms with E-state index in [0.717, 1.165) is 19.0 Å². The molecule has 2 atom stereocenters. The number of hydrogen-bond donors (Lipinski definition) is 3. The van der Waals surface area contributed by atoms with Crippen molar-refractivity contribution in [3.8, 4) is 0 Å². The highest BCUT2D eigenvalue weighted by Gasteiger charge is 2.18. The van der Waals surface area contributed by atoms with Crippen molar-refractivity contribution in [1.82, 2.24) is 10.2 Å². The molecule has 4 N–H and O–H groups in total. The van der Waals surface area contributed by atoms with Crippen molar-refractivity contribution < 1.29 is 5.11 Å². The fourth-order valence-electron chi connectivity index (χ4n) is 1.92. The number of hydrogen-bond acceptors (Lipinski definition) is 4. The lowest BCUT2D eigenvalue weighted by molar-refractivity contribution is 0.261. The molecule has 2 unspecified atom stereocenters. The van der Waals surface area contributed by atoms with Crippen LogP contribution in [-0.4, -0.2) is 55.9 Å². The van der Waals surface area contributed by atoms with Crippen LogP contribution >= 0.6 is 0 Å². The Kier molecular flexibility index (Phi) is 5.40. The summed E-state index contributed by atoms with van der Waals surface area (Å²) in [6.07, 6.45) is 2.55. The summed E-state index contributed by atoms with van der Waals surface area (Å²) in [6, 6.07) is -0.110. The molecule has 0 radical (unpaired) electrons. The van der Waals surface area contributed by atoms with Crippen LogP contribution in [0.15, 0.2) is 0 Å². The van der Waals surface area contributed by atoms with Gasteiger partial charge in [-0.05, 0) is 38.9 Å². The minimum absolute atomic E-state index is 0.0686. The fourth-order valence-corrected chi connectivity index (χ4v) is 1.92.